The lowest BCUT2D eigenvalue weighted by molar-refractivity contribution is -0.202. The topological polar surface area (TPSA) is 116 Å². The molecular weight excluding hydrogens is 600 g/mol. The maximum absolute atomic E-state index is 13.9. The third-order valence-electron chi connectivity index (χ3n) is 13.5. The number of benzene rings is 2. The molecule has 0 aromatic heterocycles. The minimum Gasteiger partial charge on any atom is -0.469 e. The Balaban J connectivity index is 1.19. The molecule has 0 spiro atoms. The van der Waals surface area contributed by atoms with Crippen molar-refractivity contribution in [1.82, 2.24) is 4.72 Å². The van der Waals surface area contributed by atoms with Crippen LogP contribution in [0, 0.1) is 46.3 Å². The van der Waals surface area contributed by atoms with E-state index >= 15 is 0 Å². The Bertz CT molecular complexity index is 1560. The van der Waals surface area contributed by atoms with E-state index in [9.17, 15) is 23.4 Å². The zero-order valence-corrected chi connectivity index (χ0v) is 29.2. The Labute approximate surface area is 275 Å². The van der Waals surface area contributed by atoms with Crippen LogP contribution < -0.4 is 9.62 Å². The zero-order chi connectivity index (χ0) is 33.2. The van der Waals surface area contributed by atoms with Gasteiger partial charge in [0.1, 0.15) is 0 Å². The van der Waals surface area contributed by atoms with Crippen LogP contribution in [-0.4, -0.2) is 64.1 Å². The number of nitrogens with zero attached hydrogens (tertiary/aromatic N) is 1. The van der Waals surface area contributed by atoms with E-state index in [4.69, 9.17) is 4.74 Å². The minimum absolute atomic E-state index is 0.0667. The van der Waals surface area contributed by atoms with Gasteiger partial charge in [0.2, 0.25) is 10.0 Å². The molecule has 6 rings (SSSR count). The van der Waals surface area contributed by atoms with Gasteiger partial charge in [-0.3, -0.25) is 4.79 Å². The number of esters is 1. The first-order chi connectivity index (χ1) is 21.7. The lowest BCUT2D eigenvalue weighted by Crippen LogP contribution is -2.63. The van der Waals surface area contributed by atoms with Crippen LogP contribution in [0.25, 0.3) is 10.8 Å². The third-order valence-corrected chi connectivity index (χ3v) is 15.1. The van der Waals surface area contributed by atoms with Gasteiger partial charge in [-0.05, 0) is 110 Å². The quantitative estimate of drug-likeness (QED) is 0.311. The number of rotatable bonds is 8. The molecule has 2 aromatic rings. The number of carbonyl (C=O) groups excluding carboxylic acids is 1. The number of aliphatic hydroxyl groups is 2. The van der Waals surface area contributed by atoms with E-state index in [2.05, 4.69) is 25.5 Å². The van der Waals surface area contributed by atoms with Gasteiger partial charge in [0, 0.05) is 43.0 Å². The van der Waals surface area contributed by atoms with E-state index < -0.39 is 22.2 Å². The lowest BCUT2D eigenvalue weighted by Gasteiger charge is -2.63. The highest BCUT2D eigenvalue weighted by molar-refractivity contribution is 7.89. The Hall–Kier alpha value is -2.20. The molecule has 0 aliphatic heterocycles. The van der Waals surface area contributed by atoms with Crippen molar-refractivity contribution in [3.05, 3.63) is 36.4 Å². The molecule has 46 heavy (non-hydrogen) atoms. The van der Waals surface area contributed by atoms with Crippen molar-refractivity contribution in [2.45, 2.75) is 102 Å². The van der Waals surface area contributed by atoms with Crippen LogP contribution in [0.5, 0.6) is 0 Å². The zero-order valence-electron chi connectivity index (χ0n) is 28.4. The Morgan fingerprint density at radius 1 is 1.02 bits per heavy atom. The van der Waals surface area contributed by atoms with Crippen molar-refractivity contribution < 1.29 is 28.2 Å². The number of fused-ring (bicyclic) bond motifs is 6. The predicted octanol–water partition coefficient (Wildman–Crippen LogP) is 5.74. The molecule has 0 radical (unpaired) electrons. The second-order valence-electron chi connectivity index (χ2n) is 15.8. The van der Waals surface area contributed by atoms with Gasteiger partial charge in [-0.15, -0.1) is 0 Å². The maximum atomic E-state index is 13.9. The normalized spacial score (nSPS) is 38.0. The summed E-state index contributed by atoms with van der Waals surface area (Å²) >= 11 is 0. The molecule has 7 unspecified atom stereocenters. The minimum atomic E-state index is -3.78. The SMILES string of the molecule is COC(=O)CCC(C)C1CCC2[C@@H]3C(CC(O)C12C)C1(C)CC[C@@H](NS(=O)(=O)c2ccc(N(C)C)c4ccccc24)C[C@H]1C[C@@H]3O. The highest BCUT2D eigenvalue weighted by Gasteiger charge is 2.65. The summed E-state index contributed by atoms with van der Waals surface area (Å²) in [5.74, 6) is 1.11. The molecular formula is C37H54N2O6S. The molecule has 11 atom stereocenters. The van der Waals surface area contributed by atoms with Gasteiger partial charge in [0.05, 0.1) is 24.2 Å². The van der Waals surface area contributed by atoms with Gasteiger partial charge in [-0.1, -0.05) is 45.0 Å². The molecule has 4 saturated carbocycles. The summed E-state index contributed by atoms with van der Waals surface area (Å²) < 4.78 is 35.7. The monoisotopic (exact) mass is 654 g/mol. The first kappa shape index (κ1) is 33.7. The Kier molecular flexibility index (Phi) is 9.05. The van der Waals surface area contributed by atoms with Crippen LogP contribution in [0.4, 0.5) is 5.69 Å². The first-order valence-corrected chi connectivity index (χ1v) is 18.8. The molecule has 2 aromatic carbocycles. The predicted molar refractivity (Wildman–Crippen MR) is 181 cm³/mol. The lowest BCUT2D eigenvalue weighted by atomic mass is 9.43. The van der Waals surface area contributed by atoms with Gasteiger partial charge >= 0.3 is 5.97 Å². The van der Waals surface area contributed by atoms with Gasteiger partial charge in [0.25, 0.3) is 0 Å². The fourth-order valence-electron chi connectivity index (χ4n) is 11.1. The largest absolute Gasteiger partial charge is 0.469 e. The number of methoxy groups -OCH3 is 1. The number of sulfonamides is 1. The number of aliphatic hydroxyl groups excluding tert-OH is 2. The van der Waals surface area contributed by atoms with E-state index in [1.165, 1.54) is 7.11 Å². The maximum Gasteiger partial charge on any atom is 0.305 e. The smallest absolute Gasteiger partial charge is 0.305 e. The van der Waals surface area contributed by atoms with Crippen molar-refractivity contribution in [1.29, 1.82) is 0 Å². The summed E-state index contributed by atoms with van der Waals surface area (Å²) in [7, 11) is 1.57. The second-order valence-corrected chi connectivity index (χ2v) is 17.5. The second kappa shape index (κ2) is 12.4. The van der Waals surface area contributed by atoms with Gasteiger partial charge in [-0.2, -0.15) is 0 Å². The number of nitrogens with one attached hydrogen (secondary N) is 1. The Morgan fingerprint density at radius 3 is 2.43 bits per heavy atom. The molecule has 0 heterocycles. The summed E-state index contributed by atoms with van der Waals surface area (Å²) in [5.41, 5.74) is 0.616. The summed E-state index contributed by atoms with van der Waals surface area (Å²) in [6.07, 6.45) is 5.83. The van der Waals surface area contributed by atoms with Crippen LogP contribution in [0.3, 0.4) is 0 Å². The van der Waals surface area contributed by atoms with Crippen LogP contribution in [0.2, 0.25) is 0 Å². The molecule has 4 aliphatic rings. The molecule has 8 nitrogen and oxygen atoms in total. The average molecular weight is 655 g/mol. The van der Waals surface area contributed by atoms with Crippen molar-refractivity contribution in [3.8, 4) is 0 Å². The van der Waals surface area contributed by atoms with E-state index in [1.807, 2.05) is 49.3 Å². The number of anilines is 1. The third kappa shape index (κ3) is 5.47. The molecule has 254 valence electrons. The van der Waals surface area contributed by atoms with Crippen LogP contribution in [-0.2, 0) is 19.6 Å². The van der Waals surface area contributed by atoms with Gasteiger partial charge in [-0.25, -0.2) is 13.1 Å². The van der Waals surface area contributed by atoms with Crippen LogP contribution in [0.1, 0.15) is 78.6 Å². The summed E-state index contributed by atoms with van der Waals surface area (Å²) in [6.45, 7) is 6.79. The number of hydrogen-bond acceptors (Lipinski definition) is 7. The van der Waals surface area contributed by atoms with Crippen LogP contribution in [0.15, 0.2) is 41.3 Å². The average Bonchev–Trinajstić information content (AvgIpc) is 3.38. The van der Waals surface area contributed by atoms with Gasteiger partial charge in [0.15, 0.2) is 0 Å². The van der Waals surface area contributed by atoms with Crippen molar-refractivity contribution >= 4 is 32.5 Å². The standard InChI is InChI=1S/C37H54N2O6S/c1-22(11-16-34(42)45-6)27-12-13-28-35-29(21-33(41)37(27,28)3)36(2)18-17-24(19-23(36)20-31(35)40)38-46(43,44)32-15-14-30(39(4)5)25-9-7-8-10-26(25)32/h7-10,14-15,22-24,27-29,31,33,35,38,40-41H,11-13,16-21H2,1-6H3/t22?,23-,24+,27?,28?,29?,31-,33?,35+,36?,37?/m0/s1. The summed E-state index contributed by atoms with van der Waals surface area (Å²) in [4.78, 5) is 14.2. The highest BCUT2D eigenvalue weighted by Crippen LogP contribution is 2.68. The first-order valence-electron chi connectivity index (χ1n) is 17.4. The molecule has 4 aliphatic carbocycles. The van der Waals surface area contributed by atoms with E-state index in [0.29, 0.717) is 41.9 Å². The van der Waals surface area contributed by atoms with E-state index in [1.54, 1.807) is 6.07 Å². The highest BCUT2D eigenvalue weighted by atomic mass is 32.2. The molecule has 0 saturated heterocycles. The van der Waals surface area contributed by atoms with Crippen molar-refractivity contribution in [2.24, 2.45) is 46.3 Å². The molecule has 4 fully saturated rings. The van der Waals surface area contributed by atoms with Crippen molar-refractivity contribution in [3.63, 3.8) is 0 Å². The molecule has 3 N–H and O–H groups in total. The van der Waals surface area contributed by atoms with Gasteiger partial charge < -0.3 is 19.8 Å². The molecule has 0 bridgehead atoms. The molecule has 0 amide bonds. The van der Waals surface area contributed by atoms with E-state index in [0.717, 1.165) is 43.2 Å². The number of carbonyl (C=O) groups is 1. The van der Waals surface area contributed by atoms with Crippen molar-refractivity contribution in [2.75, 3.05) is 26.1 Å². The Morgan fingerprint density at radius 2 is 1.74 bits per heavy atom. The fourth-order valence-corrected chi connectivity index (χ4v) is 12.6. The van der Waals surface area contributed by atoms with E-state index in [-0.39, 0.29) is 52.4 Å². The number of hydrogen-bond donors (Lipinski definition) is 3. The fraction of sp³-hybridized carbons (Fsp3) is 0.703. The van der Waals surface area contributed by atoms with Crippen LogP contribution >= 0.6 is 0 Å². The summed E-state index contributed by atoms with van der Waals surface area (Å²) in [6, 6.07) is 11.0. The summed E-state index contributed by atoms with van der Waals surface area (Å²) in [5, 5.41) is 25.4. The molecule has 9 heteroatoms. The number of ether oxygens (including phenoxy) is 1.